The summed E-state index contributed by atoms with van der Waals surface area (Å²) in [5, 5.41) is 3.49. The van der Waals surface area contributed by atoms with Crippen LogP contribution in [0.15, 0.2) is 49.2 Å². The number of benzene rings is 1. The molecule has 0 saturated carbocycles. The second-order valence-electron chi connectivity index (χ2n) is 10.1. The van der Waals surface area contributed by atoms with Crippen LogP contribution in [0.1, 0.15) is 49.4 Å². The molecule has 2 aromatic rings. The Morgan fingerprint density at radius 3 is 2.55 bits per heavy atom. The molecule has 0 bridgehead atoms. The Hall–Kier alpha value is -3.43. The van der Waals surface area contributed by atoms with Gasteiger partial charge in [0, 0.05) is 69.8 Å². The highest BCUT2D eigenvalue weighted by Gasteiger charge is 2.41. The van der Waals surface area contributed by atoms with Crippen molar-refractivity contribution in [3.05, 3.63) is 65.9 Å². The third-order valence-electron chi connectivity index (χ3n) is 8.14. The van der Waals surface area contributed by atoms with Crippen molar-refractivity contribution < 1.29 is 19.1 Å². The number of hydrogen-bond donors (Lipinski definition) is 1. The quantitative estimate of drug-likeness (QED) is 0.552. The van der Waals surface area contributed by atoms with Crippen LogP contribution in [0.25, 0.3) is 0 Å². The second-order valence-corrected chi connectivity index (χ2v) is 10.1. The van der Waals surface area contributed by atoms with Gasteiger partial charge in [-0.3, -0.25) is 14.6 Å². The monoisotopic (exact) mass is 519 g/mol. The Morgan fingerprint density at radius 2 is 1.89 bits per heavy atom. The van der Waals surface area contributed by atoms with E-state index in [0.29, 0.717) is 19.6 Å². The van der Waals surface area contributed by atoms with Gasteiger partial charge in [0.2, 0.25) is 5.91 Å². The van der Waals surface area contributed by atoms with Crippen LogP contribution in [0.5, 0.6) is 0 Å². The average Bonchev–Trinajstić information content (AvgIpc) is 2.97. The minimum absolute atomic E-state index is 0.00673. The lowest BCUT2D eigenvalue weighted by Gasteiger charge is -2.50. The molecule has 1 atom stereocenters. The first-order valence-electron chi connectivity index (χ1n) is 13.5. The molecule has 9 nitrogen and oxygen atoms in total. The molecule has 4 heterocycles. The molecule has 1 aromatic carbocycles. The summed E-state index contributed by atoms with van der Waals surface area (Å²) in [7, 11) is 0. The zero-order chi connectivity index (χ0) is 26.7. The molecule has 1 N–H and O–H groups in total. The van der Waals surface area contributed by atoms with Crippen molar-refractivity contribution in [3.63, 3.8) is 0 Å². The van der Waals surface area contributed by atoms with Crippen molar-refractivity contribution >= 4 is 23.5 Å². The van der Waals surface area contributed by atoms with Crippen molar-refractivity contribution in [2.24, 2.45) is 0 Å². The van der Waals surface area contributed by atoms with Crippen LogP contribution >= 0.6 is 0 Å². The zero-order valence-electron chi connectivity index (χ0n) is 22.3. The highest BCUT2D eigenvalue weighted by atomic mass is 16.6. The standard InChI is InChI=1S/C29H37N5O4/c1-4-27(35)32-12-14-33(15-13-32)29(10-16-37-17-11-29)24-8-6-22(7-9-24)21(3)31-26-18-25-23(19-30-26)20-38-28(36)34(25)5-2/h4,6-9,18-19,21H,1,5,10-17,20H2,2-3H3,(H,30,31)/t21-/m0/s1. The molecule has 0 spiro atoms. The number of ether oxygens (including phenoxy) is 2. The van der Waals surface area contributed by atoms with Gasteiger partial charge in [0.25, 0.3) is 0 Å². The van der Waals surface area contributed by atoms with Gasteiger partial charge in [-0.15, -0.1) is 0 Å². The first-order chi connectivity index (χ1) is 18.4. The largest absolute Gasteiger partial charge is 0.444 e. The summed E-state index contributed by atoms with van der Waals surface area (Å²) < 4.78 is 11.0. The first-order valence-corrected chi connectivity index (χ1v) is 13.5. The van der Waals surface area contributed by atoms with Crippen LogP contribution in [-0.4, -0.2) is 72.7 Å². The number of fused-ring (bicyclic) bond motifs is 1. The molecule has 1 aromatic heterocycles. The van der Waals surface area contributed by atoms with Crippen LogP contribution in [0, 0.1) is 0 Å². The van der Waals surface area contributed by atoms with Gasteiger partial charge in [-0.25, -0.2) is 9.78 Å². The molecule has 5 rings (SSSR count). The summed E-state index contributed by atoms with van der Waals surface area (Å²) in [4.78, 5) is 34.8. The lowest BCUT2D eigenvalue weighted by Crippen LogP contribution is -2.58. The molecule has 2 amide bonds. The maximum atomic E-state index is 12.1. The molecule has 0 unspecified atom stereocenters. The van der Waals surface area contributed by atoms with Gasteiger partial charge in [-0.2, -0.15) is 0 Å². The summed E-state index contributed by atoms with van der Waals surface area (Å²) in [6, 6.07) is 10.8. The number of nitrogens with zero attached hydrogens (tertiary/aromatic N) is 4. The van der Waals surface area contributed by atoms with Crippen molar-refractivity contribution in [3.8, 4) is 0 Å². The Kier molecular flexibility index (Phi) is 7.67. The van der Waals surface area contributed by atoms with E-state index < -0.39 is 0 Å². The van der Waals surface area contributed by atoms with Crippen molar-refractivity contribution in [1.29, 1.82) is 0 Å². The molecule has 9 heteroatoms. The number of carbonyl (C=O) groups is 2. The number of piperazine rings is 1. The number of anilines is 2. The fourth-order valence-electron chi connectivity index (χ4n) is 5.90. The van der Waals surface area contributed by atoms with Crippen LogP contribution in [0.4, 0.5) is 16.3 Å². The number of carbonyl (C=O) groups excluding carboxylic acids is 2. The topological polar surface area (TPSA) is 87.2 Å². The van der Waals surface area contributed by atoms with E-state index in [1.54, 1.807) is 11.1 Å². The fourth-order valence-corrected chi connectivity index (χ4v) is 5.90. The van der Waals surface area contributed by atoms with Crippen LogP contribution in [-0.2, 0) is 26.4 Å². The summed E-state index contributed by atoms with van der Waals surface area (Å²) >= 11 is 0. The smallest absolute Gasteiger partial charge is 0.414 e. The molecule has 0 radical (unpaired) electrons. The molecule has 2 fully saturated rings. The van der Waals surface area contributed by atoms with Crippen LogP contribution < -0.4 is 10.2 Å². The molecule has 3 aliphatic heterocycles. The highest BCUT2D eigenvalue weighted by molar-refractivity contribution is 5.90. The van der Waals surface area contributed by atoms with Gasteiger partial charge >= 0.3 is 6.09 Å². The normalized spacial score (nSPS) is 20.3. The number of rotatable bonds is 7. The number of aromatic nitrogens is 1. The minimum atomic E-state index is -0.323. The Bertz CT molecular complexity index is 1170. The van der Waals surface area contributed by atoms with Crippen LogP contribution in [0.3, 0.4) is 0 Å². The van der Waals surface area contributed by atoms with E-state index in [9.17, 15) is 9.59 Å². The van der Waals surface area contributed by atoms with Gasteiger partial charge in [0.15, 0.2) is 0 Å². The summed E-state index contributed by atoms with van der Waals surface area (Å²) in [5.74, 6) is 0.730. The molecule has 2 saturated heterocycles. The molecule has 38 heavy (non-hydrogen) atoms. The molecule has 0 aliphatic carbocycles. The van der Waals surface area contributed by atoms with E-state index in [1.165, 1.54) is 11.6 Å². The molecular formula is C29H37N5O4. The van der Waals surface area contributed by atoms with E-state index in [4.69, 9.17) is 9.47 Å². The predicted molar refractivity (Wildman–Crippen MR) is 146 cm³/mol. The zero-order valence-corrected chi connectivity index (χ0v) is 22.3. The SMILES string of the molecule is C=CC(=O)N1CCN(C2(c3ccc([C@H](C)Nc4cc5c(cn4)COC(=O)N5CC)cc3)CCOCC2)CC1. The van der Waals surface area contributed by atoms with Crippen LogP contribution in [0.2, 0.25) is 0 Å². The number of amides is 2. The predicted octanol–water partition coefficient (Wildman–Crippen LogP) is 4.07. The van der Waals surface area contributed by atoms with Gasteiger partial charge in [-0.1, -0.05) is 30.8 Å². The maximum absolute atomic E-state index is 12.1. The second kappa shape index (κ2) is 11.1. The van der Waals surface area contributed by atoms with Crippen molar-refractivity contribution in [2.75, 3.05) is 56.2 Å². The molecule has 202 valence electrons. The van der Waals surface area contributed by atoms with E-state index in [0.717, 1.165) is 61.8 Å². The Balaban J connectivity index is 1.31. The number of cyclic esters (lactones) is 1. The lowest BCUT2D eigenvalue weighted by molar-refractivity contribution is -0.130. The number of pyridine rings is 1. The third kappa shape index (κ3) is 5.00. The Labute approximate surface area is 224 Å². The van der Waals surface area contributed by atoms with Gasteiger partial charge in [0.1, 0.15) is 12.4 Å². The van der Waals surface area contributed by atoms with Gasteiger partial charge in [-0.05, 0) is 43.9 Å². The van der Waals surface area contributed by atoms with E-state index in [1.807, 2.05) is 17.9 Å². The van der Waals surface area contributed by atoms with Gasteiger partial charge in [0.05, 0.1) is 11.2 Å². The fraction of sp³-hybridized carbons (Fsp3) is 0.483. The third-order valence-corrected chi connectivity index (χ3v) is 8.14. The summed E-state index contributed by atoms with van der Waals surface area (Å²) in [5.41, 5.74) is 4.12. The first kappa shape index (κ1) is 26.2. The van der Waals surface area contributed by atoms with Gasteiger partial charge < -0.3 is 19.7 Å². The summed E-state index contributed by atoms with van der Waals surface area (Å²) in [6.07, 6.45) is 4.73. The van der Waals surface area contributed by atoms with Crippen molar-refractivity contribution in [1.82, 2.24) is 14.8 Å². The molecular weight excluding hydrogens is 482 g/mol. The maximum Gasteiger partial charge on any atom is 0.414 e. The van der Waals surface area contributed by atoms with Crippen molar-refractivity contribution in [2.45, 2.75) is 44.9 Å². The van der Waals surface area contributed by atoms with E-state index in [2.05, 4.69) is 53.0 Å². The van der Waals surface area contributed by atoms with E-state index in [-0.39, 0.29) is 30.2 Å². The lowest BCUT2D eigenvalue weighted by atomic mass is 9.80. The average molecular weight is 520 g/mol. The minimum Gasteiger partial charge on any atom is -0.444 e. The number of hydrogen-bond acceptors (Lipinski definition) is 7. The molecule has 3 aliphatic rings. The number of nitrogens with one attached hydrogen (secondary N) is 1. The summed E-state index contributed by atoms with van der Waals surface area (Å²) in [6.45, 7) is 13.0. The Morgan fingerprint density at radius 1 is 1.18 bits per heavy atom. The highest BCUT2D eigenvalue weighted by Crippen LogP contribution is 2.39. The van der Waals surface area contributed by atoms with E-state index >= 15 is 0 Å².